The number of rotatable bonds is 2. The van der Waals surface area contributed by atoms with Gasteiger partial charge in [-0.1, -0.05) is 0 Å². The van der Waals surface area contributed by atoms with Crippen molar-refractivity contribution in [2.24, 2.45) is 0 Å². The van der Waals surface area contributed by atoms with Crippen LogP contribution in [-0.4, -0.2) is 16.7 Å². The number of fused-ring (bicyclic) bond motifs is 1. The number of halogens is 3. The third-order valence-corrected chi connectivity index (χ3v) is 4.01. The number of hydrogen-bond acceptors (Lipinski definition) is 2. The van der Waals surface area contributed by atoms with E-state index < -0.39 is 11.6 Å². The SMILES string of the molecule is COc1ccc2c(c1)[nH]c(=S)n2-c1cc(Br)c(F)cc1F. The van der Waals surface area contributed by atoms with E-state index in [1.54, 1.807) is 25.3 Å². The van der Waals surface area contributed by atoms with E-state index in [1.165, 1.54) is 10.6 Å². The minimum atomic E-state index is -0.691. The number of benzene rings is 2. The summed E-state index contributed by atoms with van der Waals surface area (Å²) in [5.74, 6) is -0.695. The highest BCUT2D eigenvalue weighted by Crippen LogP contribution is 2.28. The smallest absolute Gasteiger partial charge is 0.182 e. The van der Waals surface area contributed by atoms with Gasteiger partial charge in [0.15, 0.2) is 4.77 Å². The van der Waals surface area contributed by atoms with Crippen molar-refractivity contribution >= 4 is 39.2 Å². The number of nitrogens with zero attached hydrogens (tertiary/aromatic N) is 1. The van der Waals surface area contributed by atoms with Crippen molar-refractivity contribution in [3.8, 4) is 11.4 Å². The Balaban J connectivity index is 2.33. The van der Waals surface area contributed by atoms with Crippen molar-refractivity contribution in [2.75, 3.05) is 7.11 Å². The van der Waals surface area contributed by atoms with E-state index in [0.29, 0.717) is 21.6 Å². The van der Waals surface area contributed by atoms with E-state index in [4.69, 9.17) is 17.0 Å². The van der Waals surface area contributed by atoms with Crippen LogP contribution < -0.4 is 4.74 Å². The van der Waals surface area contributed by atoms with Gasteiger partial charge < -0.3 is 9.72 Å². The largest absolute Gasteiger partial charge is 0.497 e. The highest BCUT2D eigenvalue weighted by Gasteiger charge is 2.14. The molecule has 0 saturated carbocycles. The zero-order valence-corrected chi connectivity index (χ0v) is 13.2. The van der Waals surface area contributed by atoms with E-state index in [-0.39, 0.29) is 10.2 Å². The Hall–Kier alpha value is -1.73. The van der Waals surface area contributed by atoms with Crippen LogP contribution in [0.2, 0.25) is 0 Å². The number of methoxy groups -OCH3 is 1. The summed E-state index contributed by atoms with van der Waals surface area (Å²) in [7, 11) is 1.56. The summed E-state index contributed by atoms with van der Waals surface area (Å²) >= 11 is 8.30. The van der Waals surface area contributed by atoms with E-state index in [1.807, 2.05) is 0 Å². The monoisotopic (exact) mass is 370 g/mol. The highest BCUT2D eigenvalue weighted by atomic mass is 79.9. The number of ether oxygens (including phenoxy) is 1. The molecule has 1 N–H and O–H groups in total. The predicted molar refractivity (Wildman–Crippen MR) is 82.6 cm³/mol. The average Bonchev–Trinajstić information content (AvgIpc) is 2.77. The second-order valence-corrected chi connectivity index (χ2v) is 5.61. The Labute approximate surface area is 132 Å². The van der Waals surface area contributed by atoms with Crippen molar-refractivity contribution in [3.63, 3.8) is 0 Å². The molecule has 3 rings (SSSR count). The Morgan fingerprint density at radius 2 is 1.95 bits per heavy atom. The molecule has 0 radical (unpaired) electrons. The molecule has 0 atom stereocenters. The Kier molecular flexibility index (Phi) is 3.54. The Morgan fingerprint density at radius 3 is 2.67 bits per heavy atom. The molecule has 0 unspecified atom stereocenters. The minimum absolute atomic E-state index is 0.170. The fourth-order valence-corrected chi connectivity index (χ4v) is 2.78. The third-order valence-electron chi connectivity index (χ3n) is 3.12. The topological polar surface area (TPSA) is 29.9 Å². The molecule has 0 aliphatic heterocycles. The van der Waals surface area contributed by atoms with Gasteiger partial charge in [0.05, 0.1) is 28.3 Å². The summed E-state index contributed by atoms with van der Waals surface area (Å²) in [4.78, 5) is 2.98. The molecular weight excluding hydrogens is 362 g/mol. The van der Waals surface area contributed by atoms with Crippen LogP contribution in [0.4, 0.5) is 8.78 Å². The second kappa shape index (κ2) is 5.23. The molecule has 0 amide bonds. The predicted octanol–water partition coefficient (Wildman–Crippen LogP) is 4.74. The first-order valence-corrected chi connectivity index (χ1v) is 7.15. The number of H-pyrrole nitrogens is 1. The maximum atomic E-state index is 14.1. The lowest BCUT2D eigenvalue weighted by Gasteiger charge is -2.08. The molecule has 21 heavy (non-hydrogen) atoms. The van der Waals surface area contributed by atoms with E-state index in [0.717, 1.165) is 6.07 Å². The van der Waals surface area contributed by atoms with Gasteiger partial charge in [-0.25, -0.2) is 8.78 Å². The molecule has 0 aliphatic carbocycles. The summed E-state index contributed by atoms with van der Waals surface area (Å²) in [6, 6.07) is 7.45. The molecule has 1 heterocycles. The molecule has 0 fully saturated rings. The molecule has 3 nitrogen and oxygen atoms in total. The molecule has 0 spiro atoms. The molecule has 1 aromatic heterocycles. The van der Waals surface area contributed by atoms with Gasteiger partial charge in [0, 0.05) is 12.1 Å². The zero-order chi connectivity index (χ0) is 15.1. The number of nitrogens with one attached hydrogen (secondary N) is 1. The Bertz CT molecular complexity index is 904. The molecule has 2 aromatic carbocycles. The van der Waals surface area contributed by atoms with Gasteiger partial charge in [-0.05, 0) is 46.3 Å². The lowest BCUT2D eigenvalue weighted by Crippen LogP contribution is -1.99. The normalized spacial score (nSPS) is 11.0. The van der Waals surface area contributed by atoms with Gasteiger partial charge in [0.2, 0.25) is 0 Å². The van der Waals surface area contributed by atoms with Crippen molar-refractivity contribution in [2.45, 2.75) is 0 Å². The van der Waals surface area contributed by atoms with Gasteiger partial charge in [0.25, 0.3) is 0 Å². The first kappa shape index (κ1) is 14.2. The van der Waals surface area contributed by atoms with Crippen molar-refractivity contribution < 1.29 is 13.5 Å². The number of aromatic amines is 1. The lowest BCUT2D eigenvalue weighted by molar-refractivity contribution is 0.415. The van der Waals surface area contributed by atoms with Crippen LogP contribution in [0.5, 0.6) is 5.75 Å². The minimum Gasteiger partial charge on any atom is -0.497 e. The van der Waals surface area contributed by atoms with Gasteiger partial charge >= 0.3 is 0 Å². The molecule has 7 heteroatoms. The van der Waals surface area contributed by atoms with E-state index in [9.17, 15) is 8.78 Å². The van der Waals surface area contributed by atoms with Gasteiger partial charge in [-0.3, -0.25) is 4.57 Å². The third kappa shape index (κ3) is 2.36. The van der Waals surface area contributed by atoms with Gasteiger partial charge in [-0.15, -0.1) is 0 Å². The van der Waals surface area contributed by atoms with Crippen LogP contribution in [0.15, 0.2) is 34.8 Å². The summed E-state index contributed by atoms with van der Waals surface area (Å²) in [6.45, 7) is 0. The first-order chi connectivity index (χ1) is 10.0. The summed E-state index contributed by atoms with van der Waals surface area (Å²) in [5.41, 5.74) is 1.56. The summed E-state index contributed by atoms with van der Waals surface area (Å²) in [6.07, 6.45) is 0. The van der Waals surface area contributed by atoms with E-state index in [2.05, 4.69) is 20.9 Å². The Morgan fingerprint density at radius 1 is 1.19 bits per heavy atom. The van der Waals surface area contributed by atoms with Crippen molar-refractivity contribution in [3.05, 3.63) is 51.2 Å². The quantitative estimate of drug-likeness (QED) is 0.521. The van der Waals surface area contributed by atoms with Gasteiger partial charge in [0.1, 0.15) is 17.4 Å². The van der Waals surface area contributed by atoms with E-state index >= 15 is 0 Å². The van der Waals surface area contributed by atoms with Gasteiger partial charge in [-0.2, -0.15) is 0 Å². The van der Waals surface area contributed by atoms with Crippen LogP contribution in [0.3, 0.4) is 0 Å². The zero-order valence-electron chi connectivity index (χ0n) is 10.8. The first-order valence-electron chi connectivity index (χ1n) is 5.95. The molecule has 0 bridgehead atoms. The lowest BCUT2D eigenvalue weighted by atomic mass is 10.2. The van der Waals surface area contributed by atoms with Crippen molar-refractivity contribution in [1.29, 1.82) is 0 Å². The number of aromatic nitrogens is 2. The maximum Gasteiger partial charge on any atom is 0.182 e. The van der Waals surface area contributed by atoms with Crippen LogP contribution in [-0.2, 0) is 0 Å². The van der Waals surface area contributed by atoms with Crippen LogP contribution in [0.1, 0.15) is 0 Å². The van der Waals surface area contributed by atoms with Crippen LogP contribution in [0.25, 0.3) is 16.7 Å². The average molecular weight is 371 g/mol. The number of hydrogen-bond donors (Lipinski definition) is 1. The van der Waals surface area contributed by atoms with Crippen LogP contribution in [0, 0.1) is 16.4 Å². The van der Waals surface area contributed by atoms with Crippen molar-refractivity contribution in [1.82, 2.24) is 9.55 Å². The maximum absolute atomic E-state index is 14.1. The molecular formula is C14H9BrF2N2OS. The molecule has 0 saturated heterocycles. The van der Waals surface area contributed by atoms with Crippen LogP contribution >= 0.6 is 28.1 Å². The number of imidazole rings is 1. The fourth-order valence-electron chi connectivity index (χ4n) is 2.14. The molecule has 3 aromatic rings. The molecule has 0 aliphatic rings. The summed E-state index contributed by atoms with van der Waals surface area (Å²) in [5, 5.41) is 0. The fraction of sp³-hybridized carbons (Fsp3) is 0.0714. The highest BCUT2D eigenvalue weighted by molar-refractivity contribution is 9.10. The summed E-state index contributed by atoms with van der Waals surface area (Å²) < 4.78 is 34.6. The second-order valence-electron chi connectivity index (χ2n) is 4.37. The standard InChI is InChI=1S/C14H9BrF2N2OS/c1-20-7-2-3-12-11(4-7)18-14(21)19(12)13-5-8(15)9(16)6-10(13)17/h2-6H,1H3,(H,18,21). The molecule has 108 valence electrons.